The molecule has 1 aromatic heterocycles. The van der Waals surface area contributed by atoms with Crippen LogP contribution in [-0.4, -0.2) is 41.3 Å². The van der Waals surface area contributed by atoms with Gasteiger partial charge >= 0.3 is 0 Å². The lowest BCUT2D eigenvalue weighted by Crippen LogP contribution is -2.33. The van der Waals surface area contributed by atoms with Gasteiger partial charge in [0.1, 0.15) is 9.90 Å². The maximum atomic E-state index is 12.3. The van der Waals surface area contributed by atoms with Gasteiger partial charge in [-0.25, -0.2) is 12.7 Å². The van der Waals surface area contributed by atoms with E-state index in [2.05, 4.69) is 15.5 Å². The lowest BCUT2D eigenvalue weighted by atomic mass is 10.2. The number of benzene rings is 1. The smallest absolute Gasteiger partial charge is 0.269 e. The molecule has 1 N–H and O–H groups in total. The molecule has 23 heavy (non-hydrogen) atoms. The van der Waals surface area contributed by atoms with E-state index in [0.717, 1.165) is 4.31 Å². The van der Waals surface area contributed by atoms with Crippen molar-refractivity contribution in [2.45, 2.75) is 18.2 Å². The summed E-state index contributed by atoms with van der Waals surface area (Å²) < 4.78 is 25.4. The van der Waals surface area contributed by atoms with E-state index >= 15 is 0 Å². The molecule has 2 heterocycles. The Kier molecular flexibility index (Phi) is 3.86. The topological polar surface area (TPSA) is 109 Å². The van der Waals surface area contributed by atoms with Crippen molar-refractivity contribution in [3.05, 3.63) is 34.8 Å². The van der Waals surface area contributed by atoms with Crippen molar-refractivity contribution in [3.63, 3.8) is 0 Å². The third-order valence-electron chi connectivity index (χ3n) is 3.23. The molecule has 1 aliphatic heterocycles. The van der Waals surface area contributed by atoms with Gasteiger partial charge in [0, 0.05) is 13.0 Å². The van der Waals surface area contributed by atoms with Crippen molar-refractivity contribution < 1.29 is 18.0 Å². The molecule has 1 aliphatic rings. The number of nitrogens with one attached hydrogen (secondary N) is 1. The third kappa shape index (κ3) is 2.82. The molecule has 2 amide bonds. The minimum absolute atomic E-state index is 0.0230. The third-order valence-corrected chi connectivity index (χ3v) is 5.82. The van der Waals surface area contributed by atoms with Crippen LogP contribution < -0.4 is 5.32 Å². The Bertz CT molecular complexity index is 891. The highest BCUT2D eigenvalue weighted by molar-refractivity contribution is 7.90. The summed E-state index contributed by atoms with van der Waals surface area (Å²) in [5, 5.41) is 11.1. The number of fused-ring (bicyclic) bond motifs is 1. The molecule has 0 spiro atoms. The van der Waals surface area contributed by atoms with Gasteiger partial charge in [-0.1, -0.05) is 23.5 Å². The molecule has 0 bridgehead atoms. The van der Waals surface area contributed by atoms with Crippen LogP contribution in [0.5, 0.6) is 0 Å². The molecule has 0 saturated heterocycles. The van der Waals surface area contributed by atoms with Crippen molar-refractivity contribution in [2.75, 3.05) is 11.9 Å². The largest absolute Gasteiger partial charge is 0.300 e. The number of nitrogens with zero attached hydrogens (tertiary/aromatic N) is 3. The van der Waals surface area contributed by atoms with Crippen molar-refractivity contribution in [3.8, 4) is 0 Å². The summed E-state index contributed by atoms with van der Waals surface area (Å²) in [6.07, 6.45) is -0.155. The minimum Gasteiger partial charge on any atom is -0.300 e. The molecule has 0 radical (unpaired) electrons. The van der Waals surface area contributed by atoms with E-state index in [9.17, 15) is 18.0 Å². The summed E-state index contributed by atoms with van der Waals surface area (Å²) in [6.45, 7) is 1.53. The molecular weight excluding hydrogens is 340 g/mol. The van der Waals surface area contributed by atoms with Gasteiger partial charge in [-0.15, -0.1) is 10.2 Å². The van der Waals surface area contributed by atoms with E-state index in [1.54, 1.807) is 19.1 Å². The molecule has 3 rings (SSSR count). The number of amides is 2. The molecule has 120 valence electrons. The summed E-state index contributed by atoms with van der Waals surface area (Å²) in [7, 11) is -3.88. The lowest BCUT2D eigenvalue weighted by Gasteiger charge is -2.14. The number of carbonyl (C=O) groups is 2. The number of hydrogen-bond acceptors (Lipinski definition) is 7. The van der Waals surface area contributed by atoms with Gasteiger partial charge in [-0.05, 0) is 19.1 Å². The fourth-order valence-electron chi connectivity index (χ4n) is 2.18. The monoisotopic (exact) mass is 352 g/mol. The van der Waals surface area contributed by atoms with E-state index in [-0.39, 0.29) is 23.4 Å². The first-order valence-electron chi connectivity index (χ1n) is 6.65. The number of rotatable bonds is 4. The fraction of sp³-hybridized carbons (Fsp3) is 0.231. The number of anilines is 1. The molecule has 0 saturated carbocycles. The SMILES string of the molecule is Cc1nnc(NC(=O)CCN2C(=O)c3ccccc3S2(=O)=O)s1. The molecule has 8 nitrogen and oxygen atoms in total. The first-order valence-corrected chi connectivity index (χ1v) is 8.91. The molecule has 0 atom stereocenters. The zero-order valence-corrected chi connectivity index (χ0v) is 13.6. The number of aryl methyl sites for hydroxylation is 1. The summed E-state index contributed by atoms with van der Waals surface area (Å²) in [4.78, 5) is 24.0. The summed E-state index contributed by atoms with van der Waals surface area (Å²) in [5.74, 6) is -1.04. The van der Waals surface area contributed by atoms with Gasteiger partial charge in [-0.2, -0.15) is 0 Å². The van der Waals surface area contributed by atoms with Crippen LogP contribution in [-0.2, 0) is 14.8 Å². The predicted octanol–water partition coefficient (Wildman–Crippen LogP) is 1.02. The van der Waals surface area contributed by atoms with Gasteiger partial charge in [0.25, 0.3) is 15.9 Å². The van der Waals surface area contributed by atoms with Crippen LogP contribution in [0.15, 0.2) is 29.2 Å². The summed E-state index contributed by atoms with van der Waals surface area (Å²) in [6, 6.07) is 5.99. The van der Waals surface area contributed by atoms with Gasteiger partial charge in [0.2, 0.25) is 11.0 Å². The zero-order chi connectivity index (χ0) is 16.6. The second kappa shape index (κ2) is 5.70. The summed E-state index contributed by atoms with van der Waals surface area (Å²) in [5.41, 5.74) is 0.132. The highest BCUT2D eigenvalue weighted by Gasteiger charge is 2.40. The molecule has 0 fully saturated rings. The van der Waals surface area contributed by atoms with Gasteiger partial charge in [0.05, 0.1) is 5.56 Å². The normalized spacial score (nSPS) is 15.5. The van der Waals surface area contributed by atoms with E-state index in [0.29, 0.717) is 10.1 Å². The Morgan fingerprint density at radius 1 is 1.30 bits per heavy atom. The Morgan fingerprint density at radius 2 is 2.04 bits per heavy atom. The van der Waals surface area contributed by atoms with E-state index in [4.69, 9.17) is 0 Å². The predicted molar refractivity (Wildman–Crippen MR) is 82.6 cm³/mol. The first-order chi connectivity index (χ1) is 10.9. The molecule has 0 unspecified atom stereocenters. The van der Waals surface area contributed by atoms with Crippen molar-refractivity contribution in [2.24, 2.45) is 0 Å². The van der Waals surface area contributed by atoms with Crippen LogP contribution in [0.25, 0.3) is 0 Å². The number of carbonyl (C=O) groups excluding carboxylic acids is 2. The Balaban J connectivity index is 1.69. The first kappa shape index (κ1) is 15.6. The van der Waals surface area contributed by atoms with E-state index < -0.39 is 21.8 Å². The van der Waals surface area contributed by atoms with E-state index in [1.165, 1.54) is 23.5 Å². The van der Waals surface area contributed by atoms with Crippen LogP contribution in [0, 0.1) is 6.92 Å². The highest BCUT2D eigenvalue weighted by Crippen LogP contribution is 2.29. The highest BCUT2D eigenvalue weighted by atomic mass is 32.2. The van der Waals surface area contributed by atoms with Crippen molar-refractivity contribution in [1.82, 2.24) is 14.5 Å². The maximum absolute atomic E-state index is 12.3. The zero-order valence-electron chi connectivity index (χ0n) is 12.0. The molecule has 2 aromatic rings. The standard InChI is InChI=1S/C13H12N4O4S2/c1-8-15-16-13(22-8)14-11(18)6-7-17-12(19)9-4-2-3-5-10(9)23(17,20)21/h2-5H,6-7H2,1H3,(H,14,16,18). The Labute approximate surface area is 136 Å². The lowest BCUT2D eigenvalue weighted by molar-refractivity contribution is -0.116. The number of aromatic nitrogens is 2. The van der Waals surface area contributed by atoms with Gasteiger partial charge in [-0.3, -0.25) is 9.59 Å². The minimum atomic E-state index is -3.88. The fourth-order valence-corrected chi connectivity index (χ4v) is 4.36. The summed E-state index contributed by atoms with van der Waals surface area (Å²) >= 11 is 1.21. The van der Waals surface area contributed by atoms with Crippen LogP contribution in [0.3, 0.4) is 0 Å². The average Bonchev–Trinajstić information content (AvgIpc) is 2.99. The molecular formula is C13H12N4O4S2. The van der Waals surface area contributed by atoms with Crippen LogP contribution in [0.2, 0.25) is 0 Å². The number of sulfonamides is 1. The number of hydrogen-bond donors (Lipinski definition) is 1. The van der Waals surface area contributed by atoms with Crippen LogP contribution >= 0.6 is 11.3 Å². The quantitative estimate of drug-likeness (QED) is 0.880. The van der Waals surface area contributed by atoms with E-state index in [1.807, 2.05) is 0 Å². The second-order valence-electron chi connectivity index (χ2n) is 4.80. The molecule has 10 heteroatoms. The van der Waals surface area contributed by atoms with Crippen molar-refractivity contribution >= 4 is 38.3 Å². The maximum Gasteiger partial charge on any atom is 0.269 e. The van der Waals surface area contributed by atoms with Crippen molar-refractivity contribution in [1.29, 1.82) is 0 Å². The van der Waals surface area contributed by atoms with Gasteiger partial charge < -0.3 is 5.32 Å². The van der Waals surface area contributed by atoms with Crippen LogP contribution in [0.1, 0.15) is 21.8 Å². The Morgan fingerprint density at radius 3 is 2.70 bits per heavy atom. The molecule has 0 aliphatic carbocycles. The van der Waals surface area contributed by atoms with Crippen LogP contribution in [0.4, 0.5) is 5.13 Å². The van der Waals surface area contributed by atoms with Gasteiger partial charge in [0.15, 0.2) is 0 Å². The second-order valence-corrected chi connectivity index (χ2v) is 7.82. The molecule has 1 aromatic carbocycles. The Hall–Kier alpha value is -2.33. The average molecular weight is 352 g/mol.